The Morgan fingerprint density at radius 3 is 2.42 bits per heavy atom. The molecule has 0 saturated carbocycles. The number of rotatable bonds is 2. The average Bonchev–Trinajstić information content (AvgIpc) is 2.03. The number of nitrogens with two attached hydrogens (primary N) is 1. The Morgan fingerprint density at radius 1 is 1.33 bits per heavy atom. The van der Waals surface area contributed by atoms with Crippen molar-refractivity contribution in [3.8, 4) is 0 Å². The Balaban J connectivity index is 2.13. The first-order valence-corrected chi connectivity index (χ1v) is 4.34. The maximum Gasteiger partial charge on any atom is 0.179 e. The van der Waals surface area contributed by atoms with Crippen molar-refractivity contribution in [1.82, 2.24) is 20.9 Å². The highest BCUT2D eigenvalue weighted by Gasteiger charge is 2.12. The van der Waals surface area contributed by atoms with E-state index in [9.17, 15) is 0 Å². The minimum Gasteiger partial charge on any atom is -0.375 e. The molecule has 0 bridgehead atoms. The molecule has 12 heavy (non-hydrogen) atoms. The fraction of sp³-hybridized carbons (Fsp3) is 0.833. The number of likely N-dealkylation sites (N-methyl/N-ethyl adjacent to an activating group) is 1. The van der Waals surface area contributed by atoms with Crippen LogP contribution in [0, 0.1) is 0 Å². The van der Waals surface area contributed by atoms with Crippen molar-refractivity contribution in [2.75, 3.05) is 33.2 Å². The van der Waals surface area contributed by atoms with Gasteiger partial charge in [-0.1, -0.05) is 0 Å². The first-order valence-electron chi connectivity index (χ1n) is 3.93. The van der Waals surface area contributed by atoms with Crippen LogP contribution in [0.1, 0.15) is 0 Å². The molecule has 1 saturated heterocycles. The van der Waals surface area contributed by atoms with Crippen LogP contribution in [0.3, 0.4) is 0 Å². The second-order valence-electron chi connectivity index (χ2n) is 2.89. The van der Waals surface area contributed by atoms with Crippen molar-refractivity contribution >= 4 is 17.3 Å². The molecular weight excluding hydrogens is 174 g/mol. The second-order valence-corrected chi connectivity index (χ2v) is 3.33. The van der Waals surface area contributed by atoms with E-state index >= 15 is 0 Å². The quantitative estimate of drug-likeness (QED) is 0.363. The fourth-order valence-electron chi connectivity index (χ4n) is 1.05. The first-order chi connectivity index (χ1) is 5.68. The lowest BCUT2D eigenvalue weighted by Crippen LogP contribution is -2.57. The lowest BCUT2D eigenvalue weighted by atomic mass is 10.4. The molecule has 1 aliphatic heterocycles. The number of nitrogens with one attached hydrogen (secondary N) is 2. The van der Waals surface area contributed by atoms with E-state index in [-0.39, 0.29) is 5.11 Å². The second kappa shape index (κ2) is 4.56. The number of piperazine rings is 1. The van der Waals surface area contributed by atoms with Gasteiger partial charge in [0.25, 0.3) is 0 Å². The van der Waals surface area contributed by atoms with Crippen molar-refractivity contribution in [3.05, 3.63) is 0 Å². The molecular formula is C6H15N5S. The molecule has 4 N–H and O–H groups in total. The number of hydrazine groups is 2. The summed E-state index contributed by atoms with van der Waals surface area (Å²) in [6.45, 7) is 4.08. The Bertz CT molecular complexity index is 154. The van der Waals surface area contributed by atoms with Gasteiger partial charge in [-0.05, 0) is 19.3 Å². The molecule has 1 aliphatic rings. The summed E-state index contributed by atoms with van der Waals surface area (Å²) in [5.74, 6) is 0. The molecule has 0 aromatic heterocycles. The van der Waals surface area contributed by atoms with E-state index in [1.165, 1.54) is 0 Å². The van der Waals surface area contributed by atoms with E-state index in [4.69, 9.17) is 5.73 Å². The van der Waals surface area contributed by atoms with Crippen LogP contribution in [0.4, 0.5) is 0 Å². The maximum atomic E-state index is 5.26. The van der Waals surface area contributed by atoms with Crippen LogP contribution in [-0.4, -0.2) is 48.2 Å². The summed E-state index contributed by atoms with van der Waals surface area (Å²) in [5.41, 5.74) is 10.9. The third-order valence-electron chi connectivity index (χ3n) is 1.84. The third kappa shape index (κ3) is 3.31. The minimum atomic E-state index is 0.272. The molecule has 6 heteroatoms. The highest BCUT2D eigenvalue weighted by Crippen LogP contribution is 1.93. The SMILES string of the molecule is CN1CCN(NNC(N)=S)CC1. The smallest absolute Gasteiger partial charge is 0.179 e. The Labute approximate surface area is 77.8 Å². The van der Waals surface area contributed by atoms with Crippen LogP contribution in [0.15, 0.2) is 0 Å². The first kappa shape index (κ1) is 9.66. The molecule has 0 amide bonds. The van der Waals surface area contributed by atoms with E-state index in [0.717, 1.165) is 26.2 Å². The summed E-state index contributed by atoms with van der Waals surface area (Å²) in [4.78, 5) is 2.28. The average molecular weight is 189 g/mol. The molecule has 0 aromatic carbocycles. The van der Waals surface area contributed by atoms with E-state index in [1.807, 2.05) is 0 Å². The van der Waals surface area contributed by atoms with Gasteiger partial charge >= 0.3 is 0 Å². The molecule has 0 atom stereocenters. The predicted molar refractivity (Wildman–Crippen MR) is 52.1 cm³/mol. The number of hydrogen-bond acceptors (Lipinski definition) is 4. The highest BCUT2D eigenvalue weighted by molar-refractivity contribution is 7.80. The zero-order chi connectivity index (χ0) is 8.97. The highest BCUT2D eigenvalue weighted by atomic mass is 32.1. The normalized spacial score (nSPS) is 20.8. The van der Waals surface area contributed by atoms with Gasteiger partial charge in [0.15, 0.2) is 5.11 Å². The molecule has 1 fully saturated rings. The van der Waals surface area contributed by atoms with Gasteiger partial charge in [-0.15, -0.1) is 0 Å². The van der Waals surface area contributed by atoms with Crippen LogP contribution < -0.4 is 16.7 Å². The van der Waals surface area contributed by atoms with Crippen LogP contribution in [-0.2, 0) is 0 Å². The molecule has 0 spiro atoms. The van der Waals surface area contributed by atoms with Crippen molar-refractivity contribution in [3.63, 3.8) is 0 Å². The van der Waals surface area contributed by atoms with Gasteiger partial charge in [-0.3, -0.25) is 5.43 Å². The predicted octanol–water partition coefficient (Wildman–Crippen LogP) is -1.51. The van der Waals surface area contributed by atoms with Crippen molar-refractivity contribution in [1.29, 1.82) is 0 Å². The lowest BCUT2D eigenvalue weighted by molar-refractivity contribution is 0.0947. The zero-order valence-electron chi connectivity index (χ0n) is 7.21. The Morgan fingerprint density at radius 2 is 1.92 bits per heavy atom. The molecule has 0 aromatic rings. The van der Waals surface area contributed by atoms with Gasteiger partial charge in [-0.25, -0.2) is 5.01 Å². The van der Waals surface area contributed by atoms with Crippen molar-refractivity contribution in [2.24, 2.45) is 5.73 Å². The summed E-state index contributed by atoms with van der Waals surface area (Å²) in [6, 6.07) is 0. The molecule has 1 heterocycles. The monoisotopic (exact) mass is 189 g/mol. The van der Waals surface area contributed by atoms with Gasteiger partial charge < -0.3 is 10.6 Å². The Hall–Kier alpha value is -0.430. The minimum absolute atomic E-state index is 0.272. The van der Waals surface area contributed by atoms with Gasteiger partial charge in [0, 0.05) is 26.2 Å². The fourth-order valence-corrected chi connectivity index (χ4v) is 1.10. The topological polar surface area (TPSA) is 56.6 Å². The van der Waals surface area contributed by atoms with Gasteiger partial charge in [0.05, 0.1) is 0 Å². The zero-order valence-corrected chi connectivity index (χ0v) is 8.02. The summed E-state index contributed by atoms with van der Waals surface area (Å²) in [6.07, 6.45) is 0. The third-order valence-corrected chi connectivity index (χ3v) is 1.94. The van der Waals surface area contributed by atoms with E-state index in [0.29, 0.717) is 0 Å². The maximum absolute atomic E-state index is 5.26. The lowest BCUT2D eigenvalue weighted by Gasteiger charge is -2.32. The van der Waals surface area contributed by atoms with E-state index in [1.54, 1.807) is 0 Å². The Kier molecular flexibility index (Phi) is 3.67. The number of nitrogens with zero attached hydrogens (tertiary/aromatic N) is 2. The molecule has 0 radical (unpaired) electrons. The van der Waals surface area contributed by atoms with E-state index < -0.39 is 0 Å². The molecule has 1 rings (SSSR count). The largest absolute Gasteiger partial charge is 0.375 e. The van der Waals surface area contributed by atoms with Crippen molar-refractivity contribution in [2.45, 2.75) is 0 Å². The number of thiocarbonyl (C=S) groups is 1. The van der Waals surface area contributed by atoms with Gasteiger partial charge in [0.2, 0.25) is 0 Å². The standard InChI is InChI=1S/C6H15N5S/c1-10-2-4-11(5-3-10)9-8-6(7)12/h9H,2-5H2,1H3,(H3,7,8,12). The van der Waals surface area contributed by atoms with Crippen LogP contribution >= 0.6 is 12.2 Å². The summed E-state index contributed by atoms with van der Waals surface area (Å²) >= 11 is 4.65. The van der Waals surface area contributed by atoms with Crippen LogP contribution in [0.5, 0.6) is 0 Å². The molecule has 0 unspecified atom stereocenters. The van der Waals surface area contributed by atoms with Crippen LogP contribution in [0.25, 0.3) is 0 Å². The molecule has 70 valence electrons. The van der Waals surface area contributed by atoms with E-state index in [2.05, 4.69) is 40.1 Å². The summed E-state index contributed by atoms with van der Waals surface area (Å²) < 4.78 is 0. The van der Waals surface area contributed by atoms with Crippen LogP contribution in [0.2, 0.25) is 0 Å². The molecule has 5 nitrogen and oxygen atoms in total. The van der Waals surface area contributed by atoms with Crippen molar-refractivity contribution < 1.29 is 0 Å². The van der Waals surface area contributed by atoms with Gasteiger partial charge in [0.1, 0.15) is 0 Å². The summed E-state index contributed by atoms with van der Waals surface area (Å²) in [5, 5.41) is 2.33. The molecule has 0 aliphatic carbocycles. The van der Waals surface area contributed by atoms with Gasteiger partial charge in [-0.2, -0.15) is 5.53 Å². The summed E-state index contributed by atoms with van der Waals surface area (Å²) in [7, 11) is 2.11. The number of hydrogen-bond donors (Lipinski definition) is 3.